The van der Waals surface area contributed by atoms with Crippen molar-refractivity contribution in [2.75, 3.05) is 24.3 Å². The average Bonchev–Trinajstić information content (AvgIpc) is 2.34. The van der Waals surface area contributed by atoms with Crippen LogP contribution in [0.15, 0.2) is 18.2 Å². The van der Waals surface area contributed by atoms with E-state index in [-0.39, 0.29) is 24.2 Å². The molecule has 1 aromatic rings. The molecule has 0 bridgehead atoms. The maximum absolute atomic E-state index is 11.9. The molecule has 0 spiro atoms. The molecular formula is C13H18N2O4. The zero-order valence-electron chi connectivity index (χ0n) is 11.2. The Balaban J connectivity index is 2.95. The van der Waals surface area contributed by atoms with Gasteiger partial charge in [0, 0.05) is 12.7 Å². The summed E-state index contributed by atoms with van der Waals surface area (Å²) in [7, 11) is 1.50. The second kappa shape index (κ2) is 6.19. The van der Waals surface area contributed by atoms with Crippen LogP contribution in [0.4, 0.5) is 11.4 Å². The number of hydrogen-bond donors (Lipinski definition) is 2. The summed E-state index contributed by atoms with van der Waals surface area (Å²) in [6.45, 7) is 3.54. The number of nitrogens with two attached hydrogens (primary N) is 1. The summed E-state index contributed by atoms with van der Waals surface area (Å²) in [5.41, 5.74) is 6.16. The van der Waals surface area contributed by atoms with Crippen molar-refractivity contribution in [2.24, 2.45) is 0 Å². The molecule has 0 saturated carbocycles. The number of nitrogen functional groups attached to an aromatic ring is 1. The third kappa shape index (κ3) is 3.96. The Hall–Kier alpha value is -2.08. The quantitative estimate of drug-likeness (QED) is 0.785. The van der Waals surface area contributed by atoms with Crippen LogP contribution in [-0.2, 0) is 9.53 Å². The van der Waals surface area contributed by atoms with Gasteiger partial charge in [-0.05, 0) is 32.0 Å². The lowest BCUT2D eigenvalue weighted by Crippen LogP contribution is -2.32. The van der Waals surface area contributed by atoms with Gasteiger partial charge < -0.3 is 20.5 Å². The molecule has 6 heteroatoms. The van der Waals surface area contributed by atoms with Gasteiger partial charge in [-0.3, -0.25) is 4.79 Å². The number of aromatic carboxylic acids is 1. The lowest BCUT2D eigenvalue weighted by atomic mass is 10.1. The van der Waals surface area contributed by atoms with Gasteiger partial charge in [0.05, 0.1) is 17.4 Å². The van der Waals surface area contributed by atoms with Crippen LogP contribution >= 0.6 is 0 Å². The predicted molar refractivity (Wildman–Crippen MR) is 72.3 cm³/mol. The Labute approximate surface area is 111 Å². The molecule has 1 aromatic carbocycles. The summed E-state index contributed by atoms with van der Waals surface area (Å²) in [5, 5.41) is 9.11. The Morgan fingerprint density at radius 3 is 2.58 bits per heavy atom. The van der Waals surface area contributed by atoms with Crippen molar-refractivity contribution in [3.8, 4) is 0 Å². The van der Waals surface area contributed by atoms with Gasteiger partial charge in [-0.2, -0.15) is 0 Å². The molecule has 3 N–H and O–H groups in total. The number of anilines is 2. The van der Waals surface area contributed by atoms with Crippen LogP contribution in [-0.4, -0.2) is 36.7 Å². The molecule has 0 aromatic heterocycles. The van der Waals surface area contributed by atoms with Crippen molar-refractivity contribution in [3.63, 3.8) is 0 Å². The van der Waals surface area contributed by atoms with Crippen LogP contribution in [0.3, 0.4) is 0 Å². The molecule has 19 heavy (non-hydrogen) atoms. The third-order valence-corrected chi connectivity index (χ3v) is 2.53. The largest absolute Gasteiger partial charge is 0.478 e. The number of hydrogen-bond acceptors (Lipinski definition) is 4. The molecule has 1 amide bonds. The standard InChI is InChI=1S/C13H18N2O4/c1-8(2)19-7-12(16)15(3)11-5-4-9(14)6-10(11)13(17)18/h4-6,8H,7,14H2,1-3H3,(H,17,18). The predicted octanol–water partition coefficient (Wildman–Crippen LogP) is 1.35. The molecular weight excluding hydrogens is 248 g/mol. The second-order valence-corrected chi connectivity index (χ2v) is 4.39. The van der Waals surface area contributed by atoms with Gasteiger partial charge in [0.1, 0.15) is 6.61 Å². The summed E-state index contributed by atoms with van der Waals surface area (Å²) in [6.07, 6.45) is -0.0669. The van der Waals surface area contributed by atoms with Crippen LogP contribution in [0.5, 0.6) is 0 Å². The van der Waals surface area contributed by atoms with E-state index < -0.39 is 5.97 Å². The first-order chi connectivity index (χ1) is 8.82. The monoisotopic (exact) mass is 266 g/mol. The first kappa shape index (κ1) is 15.0. The molecule has 0 aliphatic carbocycles. The lowest BCUT2D eigenvalue weighted by molar-refractivity contribution is -0.124. The number of carboxylic acid groups (broad SMARTS) is 1. The van der Waals surface area contributed by atoms with Crippen molar-refractivity contribution < 1.29 is 19.4 Å². The Kier molecular flexibility index (Phi) is 4.88. The number of likely N-dealkylation sites (N-methyl/N-ethyl adjacent to an activating group) is 1. The van der Waals surface area contributed by atoms with E-state index >= 15 is 0 Å². The van der Waals surface area contributed by atoms with E-state index in [4.69, 9.17) is 15.6 Å². The Morgan fingerprint density at radius 1 is 1.42 bits per heavy atom. The fraction of sp³-hybridized carbons (Fsp3) is 0.385. The van der Waals surface area contributed by atoms with Gasteiger partial charge in [0.2, 0.25) is 0 Å². The van der Waals surface area contributed by atoms with Gasteiger partial charge in [-0.25, -0.2) is 4.79 Å². The summed E-state index contributed by atoms with van der Waals surface area (Å²) in [6, 6.07) is 4.38. The second-order valence-electron chi connectivity index (χ2n) is 4.39. The van der Waals surface area contributed by atoms with Crippen LogP contribution in [0.2, 0.25) is 0 Å². The number of carboxylic acids is 1. The summed E-state index contributed by atoms with van der Waals surface area (Å²) >= 11 is 0. The fourth-order valence-corrected chi connectivity index (χ4v) is 1.49. The minimum Gasteiger partial charge on any atom is -0.478 e. The van der Waals surface area contributed by atoms with E-state index in [0.717, 1.165) is 0 Å². The Bertz CT molecular complexity index is 486. The number of rotatable bonds is 5. The lowest BCUT2D eigenvalue weighted by Gasteiger charge is -2.20. The molecule has 0 saturated heterocycles. The van der Waals surface area contributed by atoms with Crippen molar-refractivity contribution in [1.82, 2.24) is 0 Å². The molecule has 0 radical (unpaired) electrons. The smallest absolute Gasteiger partial charge is 0.337 e. The van der Waals surface area contributed by atoms with Crippen molar-refractivity contribution in [2.45, 2.75) is 20.0 Å². The van der Waals surface area contributed by atoms with E-state index in [1.54, 1.807) is 6.07 Å². The van der Waals surface area contributed by atoms with Crippen LogP contribution in [0.25, 0.3) is 0 Å². The molecule has 0 heterocycles. The topological polar surface area (TPSA) is 92.9 Å². The van der Waals surface area contributed by atoms with Gasteiger partial charge >= 0.3 is 5.97 Å². The van der Waals surface area contributed by atoms with E-state index in [1.165, 1.54) is 24.1 Å². The number of amides is 1. The third-order valence-electron chi connectivity index (χ3n) is 2.53. The summed E-state index contributed by atoms with van der Waals surface area (Å²) in [4.78, 5) is 24.3. The molecule has 0 atom stereocenters. The molecule has 1 rings (SSSR count). The number of carbonyl (C=O) groups is 2. The van der Waals surface area contributed by atoms with Gasteiger partial charge in [-0.1, -0.05) is 0 Å². The SMILES string of the molecule is CC(C)OCC(=O)N(C)c1ccc(N)cc1C(=O)O. The van der Waals surface area contributed by atoms with Crippen LogP contribution in [0.1, 0.15) is 24.2 Å². The summed E-state index contributed by atoms with van der Waals surface area (Å²) < 4.78 is 5.21. The van der Waals surface area contributed by atoms with E-state index in [2.05, 4.69) is 0 Å². The van der Waals surface area contributed by atoms with Crippen molar-refractivity contribution in [3.05, 3.63) is 23.8 Å². The number of carbonyl (C=O) groups excluding carboxylic acids is 1. The van der Waals surface area contributed by atoms with E-state index in [9.17, 15) is 9.59 Å². The van der Waals surface area contributed by atoms with Crippen LogP contribution in [0, 0.1) is 0 Å². The highest BCUT2D eigenvalue weighted by Crippen LogP contribution is 2.22. The highest BCUT2D eigenvalue weighted by atomic mass is 16.5. The molecule has 0 unspecified atom stereocenters. The molecule has 104 valence electrons. The highest BCUT2D eigenvalue weighted by molar-refractivity contribution is 6.02. The van der Waals surface area contributed by atoms with Gasteiger partial charge in [0.25, 0.3) is 5.91 Å². The van der Waals surface area contributed by atoms with Crippen molar-refractivity contribution in [1.29, 1.82) is 0 Å². The summed E-state index contributed by atoms with van der Waals surface area (Å²) in [5.74, 6) is -1.45. The number of ether oxygens (including phenoxy) is 1. The fourth-order valence-electron chi connectivity index (χ4n) is 1.49. The Morgan fingerprint density at radius 2 is 2.05 bits per heavy atom. The van der Waals surface area contributed by atoms with Gasteiger partial charge in [-0.15, -0.1) is 0 Å². The maximum atomic E-state index is 11.9. The molecule has 6 nitrogen and oxygen atoms in total. The zero-order valence-corrected chi connectivity index (χ0v) is 11.2. The normalized spacial score (nSPS) is 10.5. The molecule has 0 fully saturated rings. The van der Waals surface area contributed by atoms with E-state index in [0.29, 0.717) is 11.4 Å². The van der Waals surface area contributed by atoms with E-state index in [1.807, 2.05) is 13.8 Å². The molecule has 0 aliphatic heterocycles. The number of benzene rings is 1. The first-order valence-corrected chi connectivity index (χ1v) is 5.84. The maximum Gasteiger partial charge on any atom is 0.337 e. The number of nitrogens with zero attached hydrogens (tertiary/aromatic N) is 1. The van der Waals surface area contributed by atoms with Gasteiger partial charge in [0.15, 0.2) is 0 Å². The van der Waals surface area contributed by atoms with Crippen LogP contribution < -0.4 is 10.6 Å². The van der Waals surface area contributed by atoms with Crippen molar-refractivity contribution >= 4 is 23.3 Å². The average molecular weight is 266 g/mol. The zero-order chi connectivity index (χ0) is 14.6. The minimum atomic E-state index is -1.13. The molecule has 0 aliphatic rings. The minimum absolute atomic E-state index is 0.0135. The highest BCUT2D eigenvalue weighted by Gasteiger charge is 2.18. The first-order valence-electron chi connectivity index (χ1n) is 5.84.